The van der Waals surface area contributed by atoms with Crippen LogP contribution in [0.25, 0.3) is 33.8 Å². The van der Waals surface area contributed by atoms with Crippen LogP contribution in [-0.2, 0) is 9.47 Å². The van der Waals surface area contributed by atoms with Gasteiger partial charge in [-0.15, -0.1) is 0 Å². The lowest BCUT2D eigenvalue weighted by Crippen LogP contribution is -2.22. The van der Waals surface area contributed by atoms with Gasteiger partial charge in [0.25, 0.3) is 0 Å². The minimum atomic E-state index is -0.968. The molecule has 2 fully saturated rings. The zero-order valence-corrected chi connectivity index (χ0v) is 43.3. The maximum atomic E-state index is 14.4. The van der Waals surface area contributed by atoms with Crippen molar-refractivity contribution in [1.82, 2.24) is 18.8 Å². The number of anilines is 2. The number of hydrogen-bond acceptors (Lipinski definition) is 12. The summed E-state index contributed by atoms with van der Waals surface area (Å²) in [5, 5.41) is 16.5. The quantitative estimate of drug-likeness (QED) is 0.0695. The van der Waals surface area contributed by atoms with Crippen molar-refractivity contribution < 1.29 is 51.9 Å². The van der Waals surface area contributed by atoms with Crippen LogP contribution in [-0.4, -0.2) is 89.4 Å². The predicted octanol–water partition coefficient (Wildman–Crippen LogP) is 12.9. The third-order valence-electron chi connectivity index (χ3n) is 13.8. The van der Waals surface area contributed by atoms with Crippen LogP contribution in [0, 0.1) is 37.3 Å². The van der Waals surface area contributed by atoms with Gasteiger partial charge in [-0.25, -0.2) is 23.5 Å². The number of halogens is 2. The van der Waals surface area contributed by atoms with Crippen molar-refractivity contribution in [3.05, 3.63) is 144 Å². The first-order valence-electron chi connectivity index (χ1n) is 25.6. The van der Waals surface area contributed by atoms with E-state index in [4.69, 9.17) is 33.4 Å². The van der Waals surface area contributed by atoms with Crippen molar-refractivity contribution in [1.29, 1.82) is 0 Å². The number of rotatable bonds is 18. The van der Waals surface area contributed by atoms with Gasteiger partial charge in [-0.05, 0) is 111 Å². The Morgan fingerprint density at radius 3 is 1.47 bits per heavy atom. The van der Waals surface area contributed by atoms with E-state index < -0.39 is 17.6 Å². The Balaban J connectivity index is 0.000000186. The van der Waals surface area contributed by atoms with Gasteiger partial charge in [0.15, 0.2) is 40.2 Å². The average Bonchev–Trinajstić information content (AvgIpc) is 4.05. The number of ether oxygens (including phenoxy) is 6. The van der Waals surface area contributed by atoms with E-state index in [-0.39, 0.29) is 22.8 Å². The Kier molecular flexibility index (Phi) is 16.8. The Labute approximate surface area is 439 Å². The number of nitrogens with one attached hydrogen (secondary N) is 2. The molecule has 0 amide bonds. The maximum Gasteiger partial charge on any atom is 0.335 e. The number of aryl methyl sites for hydroxylation is 2. The van der Waals surface area contributed by atoms with Gasteiger partial charge in [0, 0.05) is 86.9 Å². The monoisotopic (exact) mass is 1040 g/mol. The van der Waals surface area contributed by atoms with Gasteiger partial charge >= 0.3 is 5.97 Å². The molecule has 0 aliphatic carbocycles. The molecular formula is C59H62F2N6O9. The second kappa shape index (κ2) is 24.1. The zero-order valence-electron chi connectivity index (χ0n) is 43.3. The molecule has 17 heteroatoms. The summed E-state index contributed by atoms with van der Waals surface area (Å²) in [6.45, 7) is 10.3. The highest BCUT2D eigenvalue weighted by atomic mass is 19.1. The van der Waals surface area contributed by atoms with Crippen LogP contribution in [0.1, 0.15) is 77.3 Å². The lowest BCUT2D eigenvalue weighted by Gasteiger charge is -2.23. The molecule has 15 nitrogen and oxygen atoms in total. The number of hydrogen-bond donors (Lipinski definition) is 3. The average molecular weight is 1040 g/mol. The van der Waals surface area contributed by atoms with E-state index >= 15 is 0 Å². The second-order valence-electron chi connectivity index (χ2n) is 19.1. The van der Waals surface area contributed by atoms with Crippen molar-refractivity contribution in [2.24, 2.45) is 11.8 Å². The molecule has 0 saturated carbocycles. The molecule has 0 spiro atoms. The Bertz CT molecular complexity index is 3360. The highest BCUT2D eigenvalue weighted by Crippen LogP contribution is 2.36. The van der Waals surface area contributed by atoms with Gasteiger partial charge in [0.05, 0.1) is 67.3 Å². The number of aromatic carboxylic acids is 1. The van der Waals surface area contributed by atoms with Crippen LogP contribution in [0.3, 0.4) is 0 Å². The molecule has 0 unspecified atom stereocenters. The summed E-state index contributed by atoms with van der Waals surface area (Å²) in [6, 6.07) is 23.8. The molecule has 10 rings (SSSR count). The first-order valence-corrected chi connectivity index (χ1v) is 25.6. The van der Waals surface area contributed by atoms with Gasteiger partial charge in [0.1, 0.15) is 23.0 Å². The van der Waals surface area contributed by atoms with Crippen molar-refractivity contribution in [3.63, 3.8) is 0 Å². The number of pyridine rings is 2. The number of methoxy groups -OCH3 is 2. The van der Waals surface area contributed by atoms with Crippen LogP contribution < -0.4 is 29.6 Å². The molecule has 8 aromatic rings. The molecule has 396 valence electrons. The molecule has 4 aromatic heterocycles. The fraction of sp³-hybridized carbons (Fsp3) is 0.322. The summed E-state index contributed by atoms with van der Waals surface area (Å²) < 4.78 is 65.7. The molecule has 0 atom stereocenters. The molecule has 2 aliphatic heterocycles. The number of carboxylic acid groups (broad SMARTS) is 1. The predicted molar refractivity (Wildman–Crippen MR) is 287 cm³/mol. The van der Waals surface area contributed by atoms with Gasteiger partial charge in [-0.3, -0.25) is 13.6 Å². The van der Waals surface area contributed by atoms with E-state index in [9.17, 15) is 23.5 Å². The van der Waals surface area contributed by atoms with Gasteiger partial charge < -0.3 is 44.2 Å². The van der Waals surface area contributed by atoms with E-state index in [0.29, 0.717) is 52.5 Å². The number of carbonyl (C=O) groups is 2. The normalized spacial score (nSPS) is 14.0. The molecule has 76 heavy (non-hydrogen) atoms. The van der Waals surface area contributed by atoms with Crippen LogP contribution >= 0.6 is 0 Å². The fourth-order valence-corrected chi connectivity index (χ4v) is 9.59. The first-order chi connectivity index (χ1) is 36.9. The summed E-state index contributed by atoms with van der Waals surface area (Å²) >= 11 is 0. The van der Waals surface area contributed by atoms with Crippen molar-refractivity contribution >= 4 is 34.4 Å². The summed E-state index contributed by atoms with van der Waals surface area (Å²) in [5.41, 5.74) is 9.05. The summed E-state index contributed by atoms with van der Waals surface area (Å²) in [5.74, 6) is 1.17. The van der Waals surface area contributed by atoms with Crippen LogP contribution in [0.4, 0.5) is 20.2 Å². The number of carbonyl (C=O) groups excluding carboxylic acids is 1. The Morgan fingerprint density at radius 1 is 0.632 bits per heavy atom. The minimum Gasteiger partial charge on any atom is -0.494 e. The number of carboxylic acids is 1. The SMILES string of the molecule is CCCC(=O)c1ccc(-c2cnc3c(NCC4CCOCC4)cc(Oc4ccc(OC)c(F)c4)cn23)cc1C.COc1ccc(Oc2cc(NCC3CCOCC3)c3ncc(-c4ccc(C(=O)O)c(C)c4)n3c2)cc1F. The summed E-state index contributed by atoms with van der Waals surface area (Å²) in [6.07, 6.45) is 12.6. The molecular weight excluding hydrogens is 975 g/mol. The summed E-state index contributed by atoms with van der Waals surface area (Å²) in [7, 11) is 2.84. The number of imidazole rings is 2. The van der Waals surface area contributed by atoms with E-state index in [1.54, 1.807) is 49.6 Å². The molecule has 3 N–H and O–H groups in total. The molecule has 0 bridgehead atoms. The van der Waals surface area contributed by atoms with E-state index in [2.05, 4.69) is 15.6 Å². The van der Waals surface area contributed by atoms with E-state index in [0.717, 1.165) is 122 Å². The third-order valence-corrected chi connectivity index (χ3v) is 13.8. The lowest BCUT2D eigenvalue weighted by molar-refractivity contribution is 0.0693. The van der Waals surface area contributed by atoms with Crippen LogP contribution in [0.2, 0.25) is 0 Å². The third kappa shape index (κ3) is 12.2. The number of nitrogens with zero attached hydrogens (tertiary/aromatic N) is 4. The molecule has 4 aromatic carbocycles. The number of fused-ring (bicyclic) bond motifs is 2. The Hall–Kier alpha value is -8.02. The van der Waals surface area contributed by atoms with Crippen molar-refractivity contribution in [2.75, 3.05) is 64.4 Å². The van der Waals surface area contributed by atoms with E-state index in [1.807, 2.05) is 71.4 Å². The highest BCUT2D eigenvalue weighted by molar-refractivity contribution is 5.98. The van der Waals surface area contributed by atoms with Crippen molar-refractivity contribution in [2.45, 2.75) is 59.3 Å². The molecule has 2 saturated heterocycles. The number of aromatic nitrogens is 4. The van der Waals surface area contributed by atoms with E-state index in [1.165, 1.54) is 32.4 Å². The first kappa shape index (κ1) is 52.8. The highest BCUT2D eigenvalue weighted by Gasteiger charge is 2.21. The standard InChI is InChI=1S/C31H34FN3O4.C28H28FN3O5/c1-4-5-29(36)25-8-6-22(14-20(25)2)28-18-34-31-27(33-17-21-10-12-38-13-11-21)16-24(19-35(28)31)39-23-7-9-30(37-3)26(32)15-23;1-17-11-19(3-5-22(17)28(33)34)25-15-31-27-24(30-14-18-7-9-36-10-8-18)13-21(16-32(25)27)37-20-4-6-26(35-2)23(29)12-20/h6-9,14-16,18-19,21,33H,4-5,10-13,17H2,1-3H3;3-6,11-13,15-16,18,30H,7-10,14H2,1-2H3,(H,33,34). The van der Waals surface area contributed by atoms with Gasteiger partial charge in [0.2, 0.25) is 0 Å². The summed E-state index contributed by atoms with van der Waals surface area (Å²) in [4.78, 5) is 33.4. The molecule has 6 heterocycles. The van der Waals surface area contributed by atoms with Crippen molar-refractivity contribution in [3.8, 4) is 57.0 Å². The minimum absolute atomic E-state index is 0.138. The van der Waals surface area contributed by atoms with Gasteiger partial charge in [-0.1, -0.05) is 25.1 Å². The molecule has 0 radical (unpaired) electrons. The molecule has 2 aliphatic rings. The van der Waals surface area contributed by atoms with Gasteiger partial charge in [-0.2, -0.15) is 0 Å². The maximum absolute atomic E-state index is 14.4. The number of Topliss-reactive ketones (excluding diaryl/α,β-unsaturated/α-hetero) is 1. The smallest absolute Gasteiger partial charge is 0.335 e. The van der Waals surface area contributed by atoms with Crippen LogP contribution in [0.5, 0.6) is 34.5 Å². The second-order valence-corrected chi connectivity index (χ2v) is 19.1. The topological polar surface area (TPSA) is 168 Å². The Morgan fingerprint density at radius 2 is 1.08 bits per heavy atom. The fourth-order valence-electron chi connectivity index (χ4n) is 9.59. The van der Waals surface area contributed by atoms with Crippen LogP contribution in [0.15, 0.2) is 110 Å². The number of ketones is 1. The number of benzene rings is 4. The zero-order chi connectivity index (χ0) is 53.3. The lowest BCUT2D eigenvalue weighted by atomic mass is 9.98. The largest absolute Gasteiger partial charge is 0.494 e.